The van der Waals surface area contributed by atoms with Gasteiger partial charge in [-0.1, -0.05) is 0 Å². The minimum Gasteiger partial charge on any atom is -0.396 e. The Balaban J connectivity index is 2.22. The fraction of sp³-hybridized carbons (Fsp3) is 0.300. The fourth-order valence-corrected chi connectivity index (χ4v) is 1.26. The molecule has 5 nitrogen and oxygen atoms in total. The Bertz CT molecular complexity index is 457. The number of nitrogens with two attached hydrogens (primary N) is 1. The topological polar surface area (TPSA) is 69.6 Å². The van der Waals surface area contributed by atoms with Crippen LogP contribution in [0, 0.1) is 13.8 Å². The standard InChI is InChI=1S/C10H13N5/c1-7-3-12-10(13-4-7)6-15-8(2)9(11)5-14-15/h3-5H,6,11H2,1-2H3. The van der Waals surface area contributed by atoms with Gasteiger partial charge in [0.05, 0.1) is 17.6 Å². The van der Waals surface area contributed by atoms with Crippen LogP contribution in [0.1, 0.15) is 17.1 Å². The molecule has 0 spiro atoms. The highest BCUT2D eigenvalue weighted by Gasteiger charge is 2.04. The zero-order valence-corrected chi connectivity index (χ0v) is 8.81. The SMILES string of the molecule is Cc1cnc(Cn2ncc(N)c2C)nc1. The molecule has 78 valence electrons. The first kappa shape index (κ1) is 9.64. The summed E-state index contributed by atoms with van der Waals surface area (Å²) in [5.74, 6) is 0.742. The van der Waals surface area contributed by atoms with E-state index in [1.807, 2.05) is 13.8 Å². The largest absolute Gasteiger partial charge is 0.396 e. The van der Waals surface area contributed by atoms with Crippen molar-refractivity contribution in [3.05, 3.63) is 35.7 Å². The predicted molar refractivity (Wildman–Crippen MR) is 57.2 cm³/mol. The average molecular weight is 203 g/mol. The van der Waals surface area contributed by atoms with Crippen LogP contribution in [0.2, 0.25) is 0 Å². The highest BCUT2D eigenvalue weighted by Crippen LogP contribution is 2.09. The molecule has 0 radical (unpaired) electrons. The monoisotopic (exact) mass is 203 g/mol. The van der Waals surface area contributed by atoms with E-state index in [9.17, 15) is 0 Å². The van der Waals surface area contributed by atoms with Gasteiger partial charge in [-0.3, -0.25) is 4.68 Å². The van der Waals surface area contributed by atoms with E-state index < -0.39 is 0 Å². The maximum Gasteiger partial charge on any atom is 0.149 e. The Morgan fingerprint density at radius 1 is 1.20 bits per heavy atom. The van der Waals surface area contributed by atoms with Crippen LogP contribution >= 0.6 is 0 Å². The summed E-state index contributed by atoms with van der Waals surface area (Å²) < 4.78 is 1.79. The van der Waals surface area contributed by atoms with Crippen LogP contribution in [-0.2, 0) is 6.54 Å². The molecular weight excluding hydrogens is 190 g/mol. The molecule has 5 heteroatoms. The summed E-state index contributed by atoms with van der Waals surface area (Å²) in [6.07, 6.45) is 5.23. The van der Waals surface area contributed by atoms with Crippen LogP contribution in [0.5, 0.6) is 0 Å². The highest BCUT2D eigenvalue weighted by molar-refractivity contribution is 5.39. The lowest BCUT2D eigenvalue weighted by Gasteiger charge is -2.03. The van der Waals surface area contributed by atoms with Crippen molar-refractivity contribution in [3.63, 3.8) is 0 Å². The van der Waals surface area contributed by atoms with Crippen molar-refractivity contribution in [2.24, 2.45) is 0 Å². The first-order chi connectivity index (χ1) is 7.16. The lowest BCUT2D eigenvalue weighted by Crippen LogP contribution is -2.07. The summed E-state index contributed by atoms with van der Waals surface area (Å²) in [7, 11) is 0. The van der Waals surface area contributed by atoms with Crippen LogP contribution < -0.4 is 5.73 Å². The molecule has 0 saturated carbocycles. The lowest BCUT2D eigenvalue weighted by atomic mass is 10.4. The van der Waals surface area contributed by atoms with Gasteiger partial charge in [0.25, 0.3) is 0 Å². The van der Waals surface area contributed by atoms with Crippen molar-refractivity contribution in [3.8, 4) is 0 Å². The molecule has 2 aromatic rings. The first-order valence-corrected chi connectivity index (χ1v) is 4.72. The third-order valence-corrected chi connectivity index (χ3v) is 2.27. The Morgan fingerprint density at radius 3 is 2.40 bits per heavy atom. The normalized spacial score (nSPS) is 10.5. The fourth-order valence-electron chi connectivity index (χ4n) is 1.26. The number of anilines is 1. The second-order valence-corrected chi connectivity index (χ2v) is 3.52. The summed E-state index contributed by atoms with van der Waals surface area (Å²) in [5, 5.41) is 4.14. The number of hydrogen-bond donors (Lipinski definition) is 1. The van der Waals surface area contributed by atoms with Crippen molar-refractivity contribution in [1.29, 1.82) is 0 Å². The lowest BCUT2D eigenvalue weighted by molar-refractivity contribution is 0.636. The summed E-state index contributed by atoms with van der Waals surface area (Å²) in [6.45, 7) is 4.45. The van der Waals surface area contributed by atoms with E-state index in [4.69, 9.17) is 5.73 Å². The van der Waals surface area contributed by atoms with Crippen molar-refractivity contribution >= 4 is 5.69 Å². The number of hydrogen-bond acceptors (Lipinski definition) is 4. The summed E-state index contributed by atoms with van der Waals surface area (Å²) >= 11 is 0. The molecule has 2 aromatic heterocycles. The number of nitrogen functional groups attached to an aromatic ring is 1. The minimum absolute atomic E-state index is 0.559. The van der Waals surface area contributed by atoms with Crippen LogP contribution in [-0.4, -0.2) is 19.7 Å². The molecule has 0 fully saturated rings. The van der Waals surface area contributed by atoms with Crippen LogP contribution in [0.4, 0.5) is 5.69 Å². The van der Waals surface area contributed by atoms with Gasteiger partial charge < -0.3 is 5.73 Å². The zero-order valence-electron chi connectivity index (χ0n) is 8.81. The van der Waals surface area contributed by atoms with Crippen molar-refractivity contribution < 1.29 is 0 Å². The molecule has 0 saturated heterocycles. The zero-order chi connectivity index (χ0) is 10.8. The summed E-state index contributed by atoms with van der Waals surface area (Å²) in [4.78, 5) is 8.42. The van der Waals surface area contributed by atoms with E-state index >= 15 is 0 Å². The van der Waals surface area contributed by atoms with E-state index in [1.54, 1.807) is 23.3 Å². The Kier molecular flexibility index (Phi) is 2.37. The van der Waals surface area contributed by atoms with Gasteiger partial charge in [0, 0.05) is 12.4 Å². The maximum absolute atomic E-state index is 5.69. The van der Waals surface area contributed by atoms with E-state index in [1.165, 1.54) is 0 Å². The second-order valence-electron chi connectivity index (χ2n) is 3.52. The Labute approximate surface area is 88.0 Å². The molecule has 0 amide bonds. The molecular formula is C10H13N5. The predicted octanol–water partition coefficient (Wildman–Crippen LogP) is 0.920. The third-order valence-electron chi connectivity index (χ3n) is 2.27. The number of rotatable bonds is 2. The molecule has 0 unspecified atom stereocenters. The molecule has 0 bridgehead atoms. The van der Waals surface area contributed by atoms with Crippen LogP contribution in [0.25, 0.3) is 0 Å². The van der Waals surface area contributed by atoms with E-state index in [0.717, 1.165) is 17.1 Å². The van der Waals surface area contributed by atoms with Crippen molar-refractivity contribution in [2.75, 3.05) is 5.73 Å². The number of aromatic nitrogens is 4. The Hall–Kier alpha value is -1.91. The van der Waals surface area contributed by atoms with Gasteiger partial charge in [0.1, 0.15) is 12.4 Å². The van der Waals surface area contributed by atoms with Gasteiger partial charge in [-0.15, -0.1) is 0 Å². The number of aryl methyl sites for hydroxylation is 1. The molecule has 0 aliphatic heterocycles. The van der Waals surface area contributed by atoms with Gasteiger partial charge in [0.15, 0.2) is 0 Å². The molecule has 2 N–H and O–H groups in total. The quantitative estimate of drug-likeness (QED) is 0.788. The second kappa shape index (κ2) is 3.68. The van der Waals surface area contributed by atoms with E-state index in [2.05, 4.69) is 15.1 Å². The molecule has 2 rings (SSSR count). The van der Waals surface area contributed by atoms with Gasteiger partial charge in [-0.25, -0.2) is 9.97 Å². The van der Waals surface area contributed by atoms with Gasteiger partial charge >= 0.3 is 0 Å². The van der Waals surface area contributed by atoms with Gasteiger partial charge in [-0.05, 0) is 19.4 Å². The van der Waals surface area contributed by atoms with Gasteiger partial charge in [0.2, 0.25) is 0 Å². The smallest absolute Gasteiger partial charge is 0.149 e. The summed E-state index contributed by atoms with van der Waals surface area (Å²) in [6, 6.07) is 0. The van der Waals surface area contributed by atoms with Crippen LogP contribution in [0.3, 0.4) is 0 Å². The highest BCUT2D eigenvalue weighted by atomic mass is 15.3. The van der Waals surface area contributed by atoms with Crippen LogP contribution in [0.15, 0.2) is 18.6 Å². The van der Waals surface area contributed by atoms with Gasteiger partial charge in [-0.2, -0.15) is 5.10 Å². The first-order valence-electron chi connectivity index (χ1n) is 4.72. The maximum atomic E-state index is 5.69. The van der Waals surface area contributed by atoms with Crippen molar-refractivity contribution in [2.45, 2.75) is 20.4 Å². The molecule has 2 heterocycles. The average Bonchev–Trinajstić information content (AvgIpc) is 2.53. The molecule has 15 heavy (non-hydrogen) atoms. The molecule has 0 aromatic carbocycles. The number of nitrogens with zero attached hydrogens (tertiary/aromatic N) is 4. The minimum atomic E-state index is 0.559. The third kappa shape index (κ3) is 1.96. The Morgan fingerprint density at radius 2 is 1.87 bits per heavy atom. The molecule has 0 aliphatic carbocycles. The molecule has 0 aliphatic rings. The molecule has 0 atom stereocenters. The van der Waals surface area contributed by atoms with E-state index in [-0.39, 0.29) is 0 Å². The van der Waals surface area contributed by atoms with E-state index in [0.29, 0.717) is 12.2 Å². The summed E-state index contributed by atoms with van der Waals surface area (Å²) in [5.41, 5.74) is 8.39. The van der Waals surface area contributed by atoms with Crippen molar-refractivity contribution in [1.82, 2.24) is 19.7 Å².